The molecule has 1 aromatic carbocycles. The van der Waals surface area contributed by atoms with Crippen LogP contribution in [-0.2, 0) is 16.1 Å². The number of carbonyl (C=O) groups is 2. The molecule has 0 bridgehead atoms. The number of benzene rings is 1. The normalized spacial score (nSPS) is 10.5. The minimum Gasteiger partial charge on any atom is -0.452 e. The minimum atomic E-state index is -0.772. The summed E-state index contributed by atoms with van der Waals surface area (Å²) in [6.45, 7) is 6.67. The SMILES string of the molecule is Cc1cc(=O)oc(C)c1C(=O)OCC(=O)Nc1c(C#N)c(C)c(C)n1Cc1ccccc1. The number of amides is 1. The Balaban J connectivity index is 1.79. The highest BCUT2D eigenvalue weighted by atomic mass is 16.5. The van der Waals surface area contributed by atoms with E-state index in [9.17, 15) is 19.6 Å². The molecule has 2 heterocycles. The molecular weight excluding hydrogens is 410 g/mol. The predicted octanol–water partition coefficient (Wildman–Crippen LogP) is 3.39. The first kappa shape index (κ1) is 22.6. The van der Waals surface area contributed by atoms with Gasteiger partial charge in [0.05, 0.1) is 5.56 Å². The second-order valence-corrected chi connectivity index (χ2v) is 7.42. The molecule has 32 heavy (non-hydrogen) atoms. The third-order valence-corrected chi connectivity index (χ3v) is 5.26. The molecule has 0 atom stereocenters. The van der Waals surface area contributed by atoms with Crippen molar-refractivity contribution < 1.29 is 18.7 Å². The van der Waals surface area contributed by atoms with Crippen molar-refractivity contribution in [1.29, 1.82) is 5.26 Å². The summed E-state index contributed by atoms with van der Waals surface area (Å²) in [6.07, 6.45) is 0. The van der Waals surface area contributed by atoms with Crippen molar-refractivity contribution in [2.45, 2.75) is 34.2 Å². The van der Waals surface area contributed by atoms with Crippen LogP contribution in [-0.4, -0.2) is 23.1 Å². The van der Waals surface area contributed by atoms with Crippen molar-refractivity contribution in [2.24, 2.45) is 0 Å². The van der Waals surface area contributed by atoms with Crippen LogP contribution in [0, 0.1) is 39.0 Å². The van der Waals surface area contributed by atoms with E-state index in [2.05, 4.69) is 11.4 Å². The largest absolute Gasteiger partial charge is 0.452 e. The molecule has 2 aromatic heterocycles. The Morgan fingerprint density at radius 2 is 1.84 bits per heavy atom. The van der Waals surface area contributed by atoms with Gasteiger partial charge < -0.3 is 19.0 Å². The molecule has 0 aliphatic rings. The molecule has 1 N–H and O–H groups in total. The number of esters is 1. The molecule has 0 fully saturated rings. The number of rotatable bonds is 6. The van der Waals surface area contributed by atoms with E-state index in [1.807, 2.05) is 48.7 Å². The van der Waals surface area contributed by atoms with Gasteiger partial charge in [0.1, 0.15) is 23.2 Å². The average Bonchev–Trinajstić information content (AvgIpc) is 2.96. The van der Waals surface area contributed by atoms with Crippen LogP contribution in [0.2, 0.25) is 0 Å². The van der Waals surface area contributed by atoms with Gasteiger partial charge in [0.25, 0.3) is 5.91 Å². The summed E-state index contributed by atoms with van der Waals surface area (Å²) >= 11 is 0. The van der Waals surface area contributed by atoms with Crippen molar-refractivity contribution in [3.05, 3.63) is 86.1 Å². The molecule has 8 heteroatoms. The molecular formula is C24H23N3O5. The summed E-state index contributed by atoms with van der Waals surface area (Å²) in [5.41, 5.74) is 2.92. The lowest BCUT2D eigenvalue weighted by molar-refractivity contribution is -0.119. The zero-order chi connectivity index (χ0) is 23.4. The number of aromatic nitrogens is 1. The summed E-state index contributed by atoms with van der Waals surface area (Å²) in [6, 6.07) is 13.0. The molecule has 8 nitrogen and oxygen atoms in total. The second-order valence-electron chi connectivity index (χ2n) is 7.42. The van der Waals surface area contributed by atoms with E-state index in [0.717, 1.165) is 16.8 Å². The van der Waals surface area contributed by atoms with Gasteiger partial charge in [0.15, 0.2) is 6.61 Å². The molecule has 0 saturated heterocycles. The van der Waals surface area contributed by atoms with Crippen LogP contribution >= 0.6 is 0 Å². The molecule has 3 rings (SSSR count). The Bertz CT molecular complexity index is 1250. The zero-order valence-electron chi connectivity index (χ0n) is 18.3. The fourth-order valence-electron chi connectivity index (χ4n) is 3.53. The Kier molecular flexibility index (Phi) is 6.59. The Morgan fingerprint density at radius 3 is 2.47 bits per heavy atom. The highest BCUT2D eigenvalue weighted by Gasteiger charge is 2.22. The van der Waals surface area contributed by atoms with E-state index in [1.165, 1.54) is 13.0 Å². The van der Waals surface area contributed by atoms with Crippen molar-refractivity contribution in [3.63, 3.8) is 0 Å². The highest BCUT2D eigenvalue weighted by molar-refractivity contribution is 5.97. The maximum Gasteiger partial charge on any atom is 0.342 e. The molecule has 0 spiro atoms. The zero-order valence-corrected chi connectivity index (χ0v) is 18.3. The van der Waals surface area contributed by atoms with Crippen LogP contribution in [0.4, 0.5) is 5.82 Å². The van der Waals surface area contributed by atoms with Crippen molar-refractivity contribution in [1.82, 2.24) is 4.57 Å². The van der Waals surface area contributed by atoms with Gasteiger partial charge in [-0.15, -0.1) is 0 Å². The maximum atomic E-state index is 12.6. The third kappa shape index (κ3) is 4.62. The molecule has 1 amide bonds. The number of nitrogens with zero attached hydrogens (tertiary/aromatic N) is 2. The number of nitrogens with one attached hydrogen (secondary N) is 1. The molecule has 0 saturated carbocycles. The van der Waals surface area contributed by atoms with Crippen LogP contribution in [0.15, 0.2) is 45.6 Å². The van der Waals surface area contributed by atoms with Gasteiger partial charge in [-0.05, 0) is 44.4 Å². The van der Waals surface area contributed by atoms with Crippen LogP contribution in [0.25, 0.3) is 0 Å². The smallest absolute Gasteiger partial charge is 0.342 e. The number of anilines is 1. The summed E-state index contributed by atoms with van der Waals surface area (Å²) < 4.78 is 11.9. The van der Waals surface area contributed by atoms with Crippen molar-refractivity contribution in [2.75, 3.05) is 11.9 Å². The summed E-state index contributed by atoms with van der Waals surface area (Å²) in [5, 5.41) is 12.3. The lowest BCUT2D eigenvalue weighted by atomic mass is 10.1. The van der Waals surface area contributed by atoms with E-state index >= 15 is 0 Å². The van der Waals surface area contributed by atoms with Gasteiger partial charge in [0.2, 0.25) is 0 Å². The quantitative estimate of drug-likeness (QED) is 0.596. The molecule has 0 unspecified atom stereocenters. The van der Waals surface area contributed by atoms with E-state index in [0.29, 0.717) is 23.5 Å². The topological polar surface area (TPSA) is 114 Å². The second kappa shape index (κ2) is 9.35. The van der Waals surface area contributed by atoms with Gasteiger partial charge >= 0.3 is 11.6 Å². The fraction of sp³-hybridized carbons (Fsp3) is 0.250. The molecule has 0 radical (unpaired) electrons. The van der Waals surface area contributed by atoms with Gasteiger partial charge in [-0.25, -0.2) is 9.59 Å². The average molecular weight is 433 g/mol. The van der Waals surface area contributed by atoms with E-state index in [4.69, 9.17) is 9.15 Å². The summed E-state index contributed by atoms with van der Waals surface area (Å²) in [4.78, 5) is 36.4. The van der Waals surface area contributed by atoms with Crippen LogP contribution in [0.1, 0.15) is 44.1 Å². The van der Waals surface area contributed by atoms with Gasteiger partial charge in [-0.3, -0.25) is 4.79 Å². The Hall–Kier alpha value is -4.12. The molecule has 0 aliphatic carbocycles. The van der Waals surface area contributed by atoms with Crippen molar-refractivity contribution >= 4 is 17.7 Å². The summed E-state index contributed by atoms with van der Waals surface area (Å²) in [5.74, 6) is -0.888. The first-order chi connectivity index (χ1) is 15.2. The number of hydrogen-bond acceptors (Lipinski definition) is 6. The Morgan fingerprint density at radius 1 is 1.16 bits per heavy atom. The number of nitriles is 1. The summed E-state index contributed by atoms with van der Waals surface area (Å²) in [7, 11) is 0. The fourth-order valence-corrected chi connectivity index (χ4v) is 3.53. The number of hydrogen-bond donors (Lipinski definition) is 1. The number of aryl methyl sites for hydroxylation is 2. The maximum absolute atomic E-state index is 12.6. The van der Waals surface area contributed by atoms with Crippen molar-refractivity contribution in [3.8, 4) is 6.07 Å². The Labute approximate surface area is 185 Å². The highest BCUT2D eigenvalue weighted by Crippen LogP contribution is 2.27. The molecule has 164 valence electrons. The van der Waals surface area contributed by atoms with Crippen LogP contribution in [0.3, 0.4) is 0 Å². The first-order valence-corrected chi connectivity index (χ1v) is 9.95. The lowest BCUT2D eigenvalue weighted by Crippen LogP contribution is -2.24. The van der Waals surface area contributed by atoms with Crippen LogP contribution < -0.4 is 10.9 Å². The van der Waals surface area contributed by atoms with E-state index in [1.54, 1.807) is 6.92 Å². The predicted molar refractivity (Wildman–Crippen MR) is 118 cm³/mol. The number of carbonyl (C=O) groups excluding carboxylic acids is 2. The van der Waals surface area contributed by atoms with Gasteiger partial charge in [-0.2, -0.15) is 5.26 Å². The first-order valence-electron chi connectivity index (χ1n) is 9.95. The van der Waals surface area contributed by atoms with E-state index < -0.39 is 24.1 Å². The van der Waals surface area contributed by atoms with Gasteiger partial charge in [-0.1, -0.05) is 30.3 Å². The molecule has 0 aliphatic heterocycles. The standard InChI is InChI=1S/C24H23N3O5/c1-14-10-21(29)32-17(4)22(14)24(30)31-13-20(28)26-23-19(11-25)15(2)16(3)27(23)12-18-8-6-5-7-9-18/h5-10H,12-13H2,1-4H3,(H,26,28). The minimum absolute atomic E-state index is 0.106. The molecule has 3 aromatic rings. The van der Waals surface area contributed by atoms with E-state index in [-0.39, 0.29) is 11.3 Å². The van der Waals surface area contributed by atoms with Crippen LogP contribution in [0.5, 0.6) is 0 Å². The number of ether oxygens (including phenoxy) is 1. The van der Waals surface area contributed by atoms with Gasteiger partial charge in [0, 0.05) is 18.3 Å². The third-order valence-electron chi connectivity index (χ3n) is 5.26. The monoisotopic (exact) mass is 433 g/mol. The lowest BCUT2D eigenvalue weighted by Gasteiger charge is -2.14.